The van der Waals surface area contributed by atoms with E-state index in [2.05, 4.69) is 6.92 Å². The van der Waals surface area contributed by atoms with Crippen LogP contribution >= 0.6 is 0 Å². The van der Waals surface area contributed by atoms with E-state index in [1.165, 1.54) is 44.9 Å². The molecule has 0 saturated heterocycles. The molecule has 0 N–H and O–H groups in total. The van der Waals surface area contributed by atoms with Gasteiger partial charge in [-0.15, -0.1) is 0 Å². The third kappa shape index (κ3) is 21.4. The van der Waals surface area contributed by atoms with Gasteiger partial charge < -0.3 is 18.9 Å². The van der Waals surface area contributed by atoms with Crippen LogP contribution in [-0.2, 0) is 23.7 Å². The first-order chi connectivity index (χ1) is 12.8. The molecule has 156 valence electrons. The Bertz CT molecular complexity index is 284. The lowest BCUT2D eigenvalue weighted by atomic mass is 10.1. The standard InChI is InChI=1S/C21H42O5/c1-3-5-6-7-8-9-10-11-15-23-17-19-25-20-18-24-16-12-13-21(22)26-14-4-2/h3-20H2,1-2H3. The number of unbranched alkanes of at least 4 members (excludes halogenated alkanes) is 7. The monoisotopic (exact) mass is 374 g/mol. The van der Waals surface area contributed by atoms with Gasteiger partial charge in [-0.05, 0) is 19.3 Å². The molecule has 0 aromatic heterocycles. The SMILES string of the molecule is CCCCCCCCCCOCCOCCOCCCC(=O)OCCC. The maximum absolute atomic E-state index is 11.3. The third-order valence-electron chi connectivity index (χ3n) is 4.02. The zero-order valence-electron chi connectivity index (χ0n) is 17.3. The van der Waals surface area contributed by atoms with Crippen LogP contribution < -0.4 is 0 Å². The van der Waals surface area contributed by atoms with Crippen LogP contribution in [0.4, 0.5) is 0 Å². The summed E-state index contributed by atoms with van der Waals surface area (Å²) in [4.78, 5) is 11.3. The van der Waals surface area contributed by atoms with E-state index >= 15 is 0 Å². The molecule has 5 nitrogen and oxygen atoms in total. The van der Waals surface area contributed by atoms with Gasteiger partial charge in [0.15, 0.2) is 0 Å². The van der Waals surface area contributed by atoms with Crippen LogP contribution in [0.3, 0.4) is 0 Å². The predicted octanol–water partition coefficient (Wildman–Crippen LogP) is 4.91. The Kier molecular flexibility index (Phi) is 21.8. The number of hydrogen-bond donors (Lipinski definition) is 0. The molecule has 0 aromatic carbocycles. The highest BCUT2D eigenvalue weighted by molar-refractivity contribution is 5.69. The third-order valence-corrected chi connectivity index (χ3v) is 4.02. The first-order valence-electron chi connectivity index (χ1n) is 10.7. The number of rotatable bonds is 21. The second-order valence-electron chi connectivity index (χ2n) is 6.64. The van der Waals surface area contributed by atoms with Gasteiger partial charge in [-0.25, -0.2) is 0 Å². The highest BCUT2D eigenvalue weighted by Crippen LogP contribution is 2.08. The number of carbonyl (C=O) groups is 1. The van der Waals surface area contributed by atoms with Crippen LogP contribution in [0.1, 0.15) is 84.5 Å². The zero-order chi connectivity index (χ0) is 19.1. The molecule has 0 heterocycles. The van der Waals surface area contributed by atoms with E-state index in [4.69, 9.17) is 18.9 Å². The van der Waals surface area contributed by atoms with Crippen LogP contribution in [0.5, 0.6) is 0 Å². The number of carbonyl (C=O) groups excluding carboxylic acids is 1. The van der Waals surface area contributed by atoms with Gasteiger partial charge in [-0.2, -0.15) is 0 Å². The molecule has 0 aromatic rings. The topological polar surface area (TPSA) is 54.0 Å². The van der Waals surface area contributed by atoms with Gasteiger partial charge in [0.1, 0.15) is 0 Å². The smallest absolute Gasteiger partial charge is 0.305 e. The average Bonchev–Trinajstić information content (AvgIpc) is 2.65. The summed E-state index contributed by atoms with van der Waals surface area (Å²) in [7, 11) is 0. The number of esters is 1. The Hall–Kier alpha value is -0.650. The molecule has 0 spiro atoms. The van der Waals surface area contributed by atoms with E-state index < -0.39 is 0 Å². The fraction of sp³-hybridized carbons (Fsp3) is 0.952. The normalized spacial score (nSPS) is 11.0. The number of hydrogen-bond acceptors (Lipinski definition) is 5. The van der Waals surface area contributed by atoms with E-state index in [-0.39, 0.29) is 5.97 Å². The lowest BCUT2D eigenvalue weighted by Gasteiger charge is -2.07. The van der Waals surface area contributed by atoms with Crippen molar-refractivity contribution in [1.29, 1.82) is 0 Å². The Labute approximate surface area is 161 Å². The second kappa shape index (κ2) is 22.4. The van der Waals surface area contributed by atoms with Gasteiger partial charge in [0.2, 0.25) is 0 Å². The molecule has 0 rings (SSSR count). The molecular formula is C21H42O5. The zero-order valence-corrected chi connectivity index (χ0v) is 17.3. The molecule has 0 fully saturated rings. The first kappa shape index (κ1) is 25.4. The Morgan fingerprint density at radius 2 is 1.04 bits per heavy atom. The lowest BCUT2D eigenvalue weighted by Crippen LogP contribution is -2.11. The molecule has 0 aliphatic heterocycles. The summed E-state index contributed by atoms with van der Waals surface area (Å²) in [6.07, 6.45) is 12.6. The van der Waals surface area contributed by atoms with Crippen molar-refractivity contribution < 1.29 is 23.7 Å². The van der Waals surface area contributed by atoms with Crippen molar-refractivity contribution in [2.75, 3.05) is 46.2 Å². The van der Waals surface area contributed by atoms with Crippen molar-refractivity contribution >= 4 is 5.97 Å². The highest BCUT2D eigenvalue weighted by Gasteiger charge is 2.01. The van der Waals surface area contributed by atoms with Gasteiger partial charge in [0, 0.05) is 19.6 Å². The summed E-state index contributed by atoms with van der Waals surface area (Å²) in [6, 6.07) is 0. The summed E-state index contributed by atoms with van der Waals surface area (Å²) in [5, 5.41) is 0. The van der Waals surface area contributed by atoms with E-state index in [1.807, 2.05) is 6.92 Å². The van der Waals surface area contributed by atoms with E-state index in [0.29, 0.717) is 52.5 Å². The fourth-order valence-corrected chi connectivity index (χ4v) is 2.49. The second-order valence-corrected chi connectivity index (χ2v) is 6.64. The lowest BCUT2D eigenvalue weighted by molar-refractivity contribution is -0.144. The minimum absolute atomic E-state index is 0.139. The van der Waals surface area contributed by atoms with Crippen molar-refractivity contribution in [2.45, 2.75) is 84.5 Å². The van der Waals surface area contributed by atoms with Crippen LogP contribution in [0.2, 0.25) is 0 Å². The van der Waals surface area contributed by atoms with Crippen LogP contribution in [0.25, 0.3) is 0 Å². The summed E-state index contributed by atoms with van der Waals surface area (Å²) < 4.78 is 21.4. The Morgan fingerprint density at radius 3 is 1.62 bits per heavy atom. The van der Waals surface area contributed by atoms with Gasteiger partial charge in [-0.1, -0.05) is 58.8 Å². The largest absolute Gasteiger partial charge is 0.466 e. The molecule has 0 aliphatic rings. The minimum Gasteiger partial charge on any atom is -0.466 e. The molecule has 0 amide bonds. The fourth-order valence-electron chi connectivity index (χ4n) is 2.49. The molecule has 0 radical (unpaired) electrons. The van der Waals surface area contributed by atoms with Crippen LogP contribution in [-0.4, -0.2) is 52.2 Å². The number of ether oxygens (including phenoxy) is 4. The highest BCUT2D eigenvalue weighted by atomic mass is 16.5. The maximum Gasteiger partial charge on any atom is 0.305 e. The molecular weight excluding hydrogens is 332 g/mol. The molecule has 5 heteroatoms. The Morgan fingerprint density at radius 1 is 0.538 bits per heavy atom. The molecule has 0 bridgehead atoms. The van der Waals surface area contributed by atoms with Gasteiger partial charge in [0.25, 0.3) is 0 Å². The molecule has 0 aliphatic carbocycles. The molecule has 0 unspecified atom stereocenters. The van der Waals surface area contributed by atoms with E-state index in [1.54, 1.807) is 0 Å². The van der Waals surface area contributed by atoms with Crippen molar-refractivity contribution in [3.8, 4) is 0 Å². The van der Waals surface area contributed by atoms with Crippen molar-refractivity contribution in [3.63, 3.8) is 0 Å². The van der Waals surface area contributed by atoms with Gasteiger partial charge in [-0.3, -0.25) is 4.79 Å². The van der Waals surface area contributed by atoms with E-state index in [0.717, 1.165) is 19.4 Å². The molecule has 26 heavy (non-hydrogen) atoms. The quantitative estimate of drug-likeness (QED) is 0.211. The van der Waals surface area contributed by atoms with Crippen molar-refractivity contribution in [3.05, 3.63) is 0 Å². The Balaban J connectivity index is 3.04. The maximum atomic E-state index is 11.3. The molecule has 0 atom stereocenters. The summed E-state index contributed by atoms with van der Waals surface area (Å²) >= 11 is 0. The minimum atomic E-state index is -0.139. The summed E-state index contributed by atoms with van der Waals surface area (Å²) in [6.45, 7) is 8.55. The van der Waals surface area contributed by atoms with Gasteiger partial charge >= 0.3 is 5.97 Å². The molecule has 0 saturated carbocycles. The van der Waals surface area contributed by atoms with Crippen LogP contribution in [0.15, 0.2) is 0 Å². The van der Waals surface area contributed by atoms with Crippen molar-refractivity contribution in [2.24, 2.45) is 0 Å². The van der Waals surface area contributed by atoms with E-state index in [9.17, 15) is 4.79 Å². The first-order valence-corrected chi connectivity index (χ1v) is 10.7. The average molecular weight is 375 g/mol. The van der Waals surface area contributed by atoms with Crippen LogP contribution in [0, 0.1) is 0 Å². The summed E-state index contributed by atoms with van der Waals surface area (Å²) in [5.74, 6) is -0.139. The predicted molar refractivity (Wildman–Crippen MR) is 106 cm³/mol. The summed E-state index contributed by atoms with van der Waals surface area (Å²) in [5.41, 5.74) is 0. The van der Waals surface area contributed by atoms with Gasteiger partial charge in [0.05, 0.1) is 33.0 Å². The van der Waals surface area contributed by atoms with Crippen molar-refractivity contribution in [1.82, 2.24) is 0 Å².